The van der Waals surface area contributed by atoms with Gasteiger partial charge in [-0.3, -0.25) is 0 Å². The predicted octanol–water partition coefficient (Wildman–Crippen LogP) is 2.23. The van der Waals surface area contributed by atoms with E-state index in [9.17, 15) is 5.11 Å². The first-order valence-electron chi connectivity index (χ1n) is 4.70. The Morgan fingerprint density at radius 3 is 2.69 bits per heavy atom. The van der Waals surface area contributed by atoms with Crippen molar-refractivity contribution in [2.24, 2.45) is 0 Å². The van der Waals surface area contributed by atoms with Gasteiger partial charge in [0.25, 0.3) is 0 Å². The first-order valence-corrected chi connectivity index (χ1v) is 4.70. The van der Waals surface area contributed by atoms with Crippen molar-refractivity contribution in [2.45, 2.75) is 32.8 Å². The van der Waals surface area contributed by atoms with Gasteiger partial charge < -0.3 is 10.2 Å². The number of rotatable bonds is 4. The Morgan fingerprint density at radius 1 is 1.31 bits per heavy atom. The number of hydrogen-bond donors (Lipinski definition) is 2. The van der Waals surface area contributed by atoms with Crippen molar-refractivity contribution in [3.05, 3.63) is 29.3 Å². The number of hydrogen-bond acceptors (Lipinski definition) is 2. The van der Waals surface area contributed by atoms with Gasteiger partial charge in [0, 0.05) is 0 Å². The van der Waals surface area contributed by atoms with E-state index in [1.807, 2.05) is 6.07 Å². The van der Waals surface area contributed by atoms with Crippen molar-refractivity contribution in [2.75, 3.05) is 0 Å². The van der Waals surface area contributed by atoms with Gasteiger partial charge in [-0.1, -0.05) is 25.5 Å². The third kappa shape index (κ3) is 2.46. The molecule has 2 nitrogen and oxygen atoms in total. The SMILES string of the molecule is CCCCc1c(O)cccc1CO. The summed E-state index contributed by atoms with van der Waals surface area (Å²) in [7, 11) is 0. The maximum absolute atomic E-state index is 9.54. The highest BCUT2D eigenvalue weighted by Gasteiger charge is 2.05. The highest BCUT2D eigenvalue weighted by Crippen LogP contribution is 2.22. The van der Waals surface area contributed by atoms with Crippen molar-refractivity contribution in [3.8, 4) is 5.75 Å². The number of unbranched alkanes of at least 4 members (excludes halogenated alkanes) is 1. The monoisotopic (exact) mass is 180 g/mol. The maximum Gasteiger partial charge on any atom is 0.119 e. The fraction of sp³-hybridized carbons (Fsp3) is 0.455. The van der Waals surface area contributed by atoms with Crippen LogP contribution in [0.5, 0.6) is 5.75 Å². The van der Waals surface area contributed by atoms with Crippen LogP contribution in [0.25, 0.3) is 0 Å². The van der Waals surface area contributed by atoms with Crippen LogP contribution in [-0.4, -0.2) is 10.2 Å². The van der Waals surface area contributed by atoms with Gasteiger partial charge in [0.1, 0.15) is 5.75 Å². The molecule has 72 valence electrons. The fourth-order valence-corrected chi connectivity index (χ4v) is 1.41. The normalized spacial score (nSPS) is 10.3. The molecule has 2 heteroatoms. The van der Waals surface area contributed by atoms with Crippen LogP contribution in [0, 0.1) is 0 Å². The van der Waals surface area contributed by atoms with E-state index in [2.05, 4.69) is 6.92 Å². The zero-order chi connectivity index (χ0) is 9.68. The molecular weight excluding hydrogens is 164 g/mol. The number of aliphatic hydroxyl groups excluding tert-OH is 1. The molecule has 1 rings (SSSR count). The van der Waals surface area contributed by atoms with E-state index >= 15 is 0 Å². The van der Waals surface area contributed by atoms with E-state index in [-0.39, 0.29) is 6.61 Å². The van der Waals surface area contributed by atoms with Crippen LogP contribution in [0.3, 0.4) is 0 Å². The first-order chi connectivity index (χ1) is 6.29. The van der Waals surface area contributed by atoms with Gasteiger partial charge >= 0.3 is 0 Å². The Hall–Kier alpha value is -1.02. The third-order valence-corrected chi connectivity index (χ3v) is 2.20. The molecule has 0 aliphatic heterocycles. The molecule has 0 fully saturated rings. The van der Waals surface area contributed by atoms with Crippen LogP contribution in [0.15, 0.2) is 18.2 Å². The van der Waals surface area contributed by atoms with Crippen molar-refractivity contribution < 1.29 is 10.2 Å². The Kier molecular flexibility index (Phi) is 3.77. The predicted molar refractivity (Wildman–Crippen MR) is 52.6 cm³/mol. The summed E-state index contributed by atoms with van der Waals surface area (Å²) < 4.78 is 0. The first kappa shape index (κ1) is 10.1. The zero-order valence-electron chi connectivity index (χ0n) is 7.95. The lowest BCUT2D eigenvalue weighted by Crippen LogP contribution is -1.94. The summed E-state index contributed by atoms with van der Waals surface area (Å²) in [5.74, 6) is 0.306. The molecular formula is C11H16O2. The minimum Gasteiger partial charge on any atom is -0.508 e. The molecule has 0 aliphatic carbocycles. The summed E-state index contributed by atoms with van der Waals surface area (Å²) in [6.07, 6.45) is 2.99. The molecule has 0 saturated carbocycles. The Labute approximate surface area is 78.8 Å². The molecule has 1 aromatic carbocycles. The molecule has 0 atom stereocenters. The average Bonchev–Trinajstić information content (AvgIpc) is 2.15. The summed E-state index contributed by atoms with van der Waals surface area (Å²) in [6.45, 7) is 2.12. The summed E-state index contributed by atoms with van der Waals surface area (Å²) in [5.41, 5.74) is 1.74. The van der Waals surface area contributed by atoms with Gasteiger partial charge in [-0.15, -0.1) is 0 Å². The van der Waals surface area contributed by atoms with Crippen molar-refractivity contribution in [1.82, 2.24) is 0 Å². The van der Waals surface area contributed by atoms with Crippen LogP contribution in [0.4, 0.5) is 0 Å². The number of aromatic hydroxyl groups is 1. The highest BCUT2D eigenvalue weighted by atomic mass is 16.3. The third-order valence-electron chi connectivity index (χ3n) is 2.20. The molecule has 2 N–H and O–H groups in total. The largest absolute Gasteiger partial charge is 0.508 e. The lowest BCUT2D eigenvalue weighted by atomic mass is 10.0. The molecule has 0 radical (unpaired) electrons. The smallest absolute Gasteiger partial charge is 0.119 e. The Morgan fingerprint density at radius 2 is 2.08 bits per heavy atom. The van der Waals surface area contributed by atoms with E-state index in [0.717, 1.165) is 30.4 Å². The molecule has 0 heterocycles. The van der Waals surface area contributed by atoms with Gasteiger partial charge in [-0.05, 0) is 30.0 Å². The van der Waals surface area contributed by atoms with Gasteiger partial charge in [0.05, 0.1) is 6.61 Å². The quantitative estimate of drug-likeness (QED) is 0.746. The lowest BCUT2D eigenvalue weighted by molar-refractivity contribution is 0.279. The van der Waals surface area contributed by atoms with Crippen LogP contribution in [0.1, 0.15) is 30.9 Å². The summed E-state index contributed by atoms with van der Waals surface area (Å²) in [5, 5.41) is 18.6. The molecule has 13 heavy (non-hydrogen) atoms. The molecule has 0 saturated heterocycles. The lowest BCUT2D eigenvalue weighted by Gasteiger charge is -2.08. The van der Waals surface area contributed by atoms with Crippen LogP contribution in [-0.2, 0) is 13.0 Å². The fourth-order valence-electron chi connectivity index (χ4n) is 1.41. The molecule has 0 aromatic heterocycles. The standard InChI is InChI=1S/C11H16O2/c1-2-3-6-10-9(8-12)5-4-7-11(10)13/h4-5,7,12-13H,2-3,6,8H2,1H3. The number of benzene rings is 1. The summed E-state index contributed by atoms with van der Waals surface area (Å²) >= 11 is 0. The molecule has 0 bridgehead atoms. The number of aliphatic hydroxyl groups is 1. The minimum absolute atomic E-state index is 0.00739. The zero-order valence-corrected chi connectivity index (χ0v) is 7.95. The number of phenolic OH excluding ortho intramolecular Hbond substituents is 1. The maximum atomic E-state index is 9.54. The molecule has 0 aliphatic rings. The number of phenols is 1. The summed E-state index contributed by atoms with van der Waals surface area (Å²) in [4.78, 5) is 0. The van der Waals surface area contributed by atoms with Gasteiger partial charge in [0.2, 0.25) is 0 Å². The van der Waals surface area contributed by atoms with E-state index in [1.165, 1.54) is 0 Å². The second-order valence-electron chi connectivity index (χ2n) is 3.18. The van der Waals surface area contributed by atoms with E-state index < -0.39 is 0 Å². The summed E-state index contributed by atoms with van der Waals surface area (Å²) in [6, 6.07) is 5.28. The van der Waals surface area contributed by atoms with Gasteiger partial charge in [-0.25, -0.2) is 0 Å². The van der Waals surface area contributed by atoms with Crippen molar-refractivity contribution in [3.63, 3.8) is 0 Å². The topological polar surface area (TPSA) is 40.5 Å². The van der Waals surface area contributed by atoms with Crippen LogP contribution < -0.4 is 0 Å². The van der Waals surface area contributed by atoms with Gasteiger partial charge in [-0.2, -0.15) is 0 Å². The Bertz CT molecular complexity index is 269. The van der Waals surface area contributed by atoms with Crippen LogP contribution in [0.2, 0.25) is 0 Å². The van der Waals surface area contributed by atoms with E-state index in [4.69, 9.17) is 5.11 Å². The average molecular weight is 180 g/mol. The van der Waals surface area contributed by atoms with Crippen LogP contribution >= 0.6 is 0 Å². The molecule has 0 spiro atoms. The molecule has 1 aromatic rings. The highest BCUT2D eigenvalue weighted by molar-refractivity contribution is 5.38. The second-order valence-corrected chi connectivity index (χ2v) is 3.18. The van der Waals surface area contributed by atoms with Crippen molar-refractivity contribution >= 4 is 0 Å². The van der Waals surface area contributed by atoms with E-state index in [0.29, 0.717) is 5.75 Å². The second kappa shape index (κ2) is 4.87. The molecule has 0 amide bonds. The van der Waals surface area contributed by atoms with Crippen molar-refractivity contribution in [1.29, 1.82) is 0 Å². The van der Waals surface area contributed by atoms with Gasteiger partial charge in [0.15, 0.2) is 0 Å². The molecule has 0 unspecified atom stereocenters. The van der Waals surface area contributed by atoms with E-state index in [1.54, 1.807) is 12.1 Å². The minimum atomic E-state index is 0.00739. The Balaban J connectivity index is 2.87.